The molecule has 1 aliphatic heterocycles. The van der Waals surface area contributed by atoms with E-state index in [1.54, 1.807) is 0 Å². The van der Waals surface area contributed by atoms with Crippen molar-refractivity contribution in [2.75, 3.05) is 32.8 Å². The molecule has 0 spiro atoms. The van der Waals surface area contributed by atoms with Crippen LogP contribution in [0.5, 0.6) is 5.75 Å². The highest BCUT2D eigenvalue weighted by Gasteiger charge is 2.14. The summed E-state index contributed by atoms with van der Waals surface area (Å²) < 4.78 is 11.9. The summed E-state index contributed by atoms with van der Waals surface area (Å²) in [7, 11) is 0. The third kappa shape index (κ3) is 4.97. The summed E-state index contributed by atoms with van der Waals surface area (Å²) >= 11 is 0. The number of hydrogen-bond acceptors (Lipinski definition) is 4. The van der Waals surface area contributed by atoms with Crippen LogP contribution in [0.2, 0.25) is 0 Å². The lowest BCUT2D eigenvalue weighted by molar-refractivity contribution is 0.0384. The Bertz CT molecular complexity index is 1300. The molecule has 4 aromatic rings. The number of rotatable bonds is 7. The molecule has 34 heavy (non-hydrogen) atoms. The Labute approximate surface area is 201 Å². The third-order valence-electron chi connectivity index (χ3n) is 6.49. The number of ether oxygens (including phenoxy) is 2. The van der Waals surface area contributed by atoms with Crippen LogP contribution in [-0.2, 0) is 17.8 Å². The Balaban J connectivity index is 1.33. The van der Waals surface area contributed by atoms with Crippen molar-refractivity contribution in [1.82, 2.24) is 4.90 Å². The minimum atomic E-state index is 0.503. The molecule has 0 atom stereocenters. The summed E-state index contributed by atoms with van der Waals surface area (Å²) in [6.45, 7) is 5.11. The van der Waals surface area contributed by atoms with Gasteiger partial charge >= 0.3 is 0 Å². The largest absolute Gasteiger partial charge is 0.489 e. The molecule has 0 radical (unpaired) electrons. The van der Waals surface area contributed by atoms with E-state index in [-0.39, 0.29) is 0 Å². The average Bonchev–Trinajstić information content (AvgIpc) is 2.91. The average molecular weight is 449 g/mol. The van der Waals surface area contributed by atoms with Gasteiger partial charge in [0.05, 0.1) is 24.8 Å². The van der Waals surface area contributed by atoms with Crippen LogP contribution >= 0.6 is 0 Å². The van der Waals surface area contributed by atoms with Crippen molar-refractivity contribution in [1.29, 1.82) is 5.26 Å². The second-order valence-corrected chi connectivity index (χ2v) is 8.61. The maximum atomic E-state index is 9.39. The van der Waals surface area contributed by atoms with E-state index in [0.717, 1.165) is 61.7 Å². The number of fused-ring (bicyclic) bond motifs is 1. The predicted octanol–water partition coefficient (Wildman–Crippen LogP) is 5.83. The molecule has 0 bridgehead atoms. The fourth-order valence-electron chi connectivity index (χ4n) is 4.58. The molecular weight excluding hydrogens is 420 g/mol. The van der Waals surface area contributed by atoms with Crippen LogP contribution in [0.3, 0.4) is 0 Å². The number of hydrogen-bond donors (Lipinski definition) is 0. The lowest BCUT2D eigenvalue weighted by atomic mass is 9.99. The van der Waals surface area contributed by atoms with Gasteiger partial charge in [-0.15, -0.1) is 0 Å². The quantitative estimate of drug-likeness (QED) is 0.357. The van der Waals surface area contributed by atoms with Gasteiger partial charge in [0.2, 0.25) is 0 Å². The minimum absolute atomic E-state index is 0.503. The highest BCUT2D eigenvalue weighted by Crippen LogP contribution is 2.30. The summed E-state index contributed by atoms with van der Waals surface area (Å²) in [4.78, 5) is 2.47. The predicted molar refractivity (Wildman–Crippen MR) is 136 cm³/mol. The van der Waals surface area contributed by atoms with E-state index in [1.807, 2.05) is 24.3 Å². The minimum Gasteiger partial charge on any atom is -0.489 e. The van der Waals surface area contributed by atoms with Gasteiger partial charge in [-0.3, -0.25) is 4.90 Å². The van der Waals surface area contributed by atoms with Gasteiger partial charge in [0, 0.05) is 25.2 Å². The molecule has 0 N–H and O–H groups in total. The number of benzene rings is 4. The molecule has 170 valence electrons. The topological polar surface area (TPSA) is 45.5 Å². The van der Waals surface area contributed by atoms with Crippen LogP contribution < -0.4 is 4.74 Å². The SMILES string of the molecule is N#Cc1ccccc1-c1ccc(COc2ccc3ccccc3c2CCN2CCOCC2)cc1. The molecule has 0 aliphatic carbocycles. The van der Waals surface area contributed by atoms with Crippen LogP contribution in [0, 0.1) is 11.3 Å². The smallest absolute Gasteiger partial charge is 0.123 e. The maximum Gasteiger partial charge on any atom is 0.123 e. The first-order valence-corrected chi connectivity index (χ1v) is 11.8. The fourth-order valence-corrected chi connectivity index (χ4v) is 4.58. The number of nitrogens with zero attached hydrogens (tertiary/aromatic N) is 2. The standard InChI is InChI=1S/C30H28N2O2/c31-21-26-6-2-3-7-27(26)25-11-9-23(10-12-25)22-34-30-14-13-24-5-1-4-8-28(24)29(30)15-16-32-17-19-33-20-18-32/h1-14H,15-20,22H2. The van der Waals surface area contributed by atoms with Gasteiger partial charge in [0.1, 0.15) is 12.4 Å². The van der Waals surface area contributed by atoms with Gasteiger partial charge in [0.25, 0.3) is 0 Å². The molecule has 1 fully saturated rings. The van der Waals surface area contributed by atoms with Crippen molar-refractivity contribution >= 4 is 10.8 Å². The fraction of sp³-hybridized carbons (Fsp3) is 0.233. The van der Waals surface area contributed by atoms with Crippen LogP contribution in [0.15, 0.2) is 84.9 Å². The van der Waals surface area contributed by atoms with Crippen LogP contribution in [0.25, 0.3) is 21.9 Å². The van der Waals surface area contributed by atoms with Crippen molar-refractivity contribution < 1.29 is 9.47 Å². The number of morpholine rings is 1. The molecule has 4 aromatic carbocycles. The van der Waals surface area contributed by atoms with E-state index < -0.39 is 0 Å². The normalized spacial score (nSPS) is 14.1. The van der Waals surface area contributed by atoms with Crippen molar-refractivity contribution in [2.24, 2.45) is 0 Å². The van der Waals surface area contributed by atoms with E-state index >= 15 is 0 Å². The Morgan fingerprint density at radius 2 is 1.62 bits per heavy atom. The van der Waals surface area contributed by atoms with Crippen molar-refractivity contribution in [3.8, 4) is 22.9 Å². The van der Waals surface area contributed by atoms with Gasteiger partial charge in [-0.05, 0) is 46.0 Å². The Hall–Kier alpha value is -3.65. The van der Waals surface area contributed by atoms with Gasteiger partial charge in [0.15, 0.2) is 0 Å². The van der Waals surface area contributed by atoms with Crippen LogP contribution in [0.4, 0.5) is 0 Å². The summed E-state index contributed by atoms with van der Waals surface area (Å²) in [5.74, 6) is 0.950. The zero-order valence-corrected chi connectivity index (χ0v) is 19.2. The van der Waals surface area contributed by atoms with E-state index in [1.165, 1.54) is 16.3 Å². The second-order valence-electron chi connectivity index (χ2n) is 8.61. The monoisotopic (exact) mass is 448 g/mol. The first kappa shape index (κ1) is 22.2. The molecule has 0 saturated carbocycles. The molecule has 1 saturated heterocycles. The highest BCUT2D eigenvalue weighted by molar-refractivity contribution is 5.87. The highest BCUT2D eigenvalue weighted by atomic mass is 16.5. The molecule has 1 heterocycles. The summed E-state index contributed by atoms with van der Waals surface area (Å²) in [6.07, 6.45) is 0.945. The summed E-state index contributed by atoms with van der Waals surface area (Å²) in [5, 5.41) is 11.9. The molecule has 5 rings (SSSR count). The van der Waals surface area contributed by atoms with Gasteiger partial charge < -0.3 is 9.47 Å². The van der Waals surface area contributed by atoms with Gasteiger partial charge in [-0.25, -0.2) is 0 Å². The molecule has 0 amide bonds. The van der Waals surface area contributed by atoms with E-state index in [0.29, 0.717) is 12.2 Å². The molecular formula is C30H28N2O2. The molecule has 0 unspecified atom stereocenters. The molecule has 4 heteroatoms. The van der Waals surface area contributed by atoms with E-state index in [9.17, 15) is 5.26 Å². The Morgan fingerprint density at radius 1 is 0.853 bits per heavy atom. The summed E-state index contributed by atoms with van der Waals surface area (Å²) in [5.41, 5.74) is 5.05. The van der Waals surface area contributed by atoms with E-state index in [4.69, 9.17) is 9.47 Å². The first-order valence-electron chi connectivity index (χ1n) is 11.8. The van der Waals surface area contributed by atoms with Crippen LogP contribution in [0.1, 0.15) is 16.7 Å². The Morgan fingerprint density at radius 3 is 2.44 bits per heavy atom. The van der Waals surface area contributed by atoms with Crippen molar-refractivity contribution in [2.45, 2.75) is 13.0 Å². The van der Waals surface area contributed by atoms with Crippen molar-refractivity contribution in [3.63, 3.8) is 0 Å². The lowest BCUT2D eigenvalue weighted by Gasteiger charge is -2.27. The Kier molecular flexibility index (Phi) is 6.86. The van der Waals surface area contributed by atoms with Crippen LogP contribution in [-0.4, -0.2) is 37.7 Å². The van der Waals surface area contributed by atoms with Crippen molar-refractivity contribution in [3.05, 3.63) is 102 Å². The zero-order chi connectivity index (χ0) is 23.2. The molecule has 0 aromatic heterocycles. The van der Waals surface area contributed by atoms with Gasteiger partial charge in [-0.2, -0.15) is 5.26 Å². The lowest BCUT2D eigenvalue weighted by Crippen LogP contribution is -2.37. The maximum absolute atomic E-state index is 9.39. The summed E-state index contributed by atoms with van der Waals surface area (Å²) in [6, 6.07) is 31.0. The molecule has 1 aliphatic rings. The first-order chi connectivity index (χ1) is 16.8. The number of nitriles is 1. The third-order valence-corrected chi connectivity index (χ3v) is 6.49. The molecule has 4 nitrogen and oxygen atoms in total. The zero-order valence-electron chi connectivity index (χ0n) is 19.2. The van der Waals surface area contributed by atoms with Gasteiger partial charge in [-0.1, -0.05) is 72.8 Å². The van der Waals surface area contributed by atoms with E-state index in [2.05, 4.69) is 71.6 Å². The second kappa shape index (κ2) is 10.5.